The minimum atomic E-state index is -1.07. The number of aliphatic hydroxyl groups excluding tert-OH is 1. The highest BCUT2D eigenvalue weighted by Gasteiger charge is 2.48. The van der Waals surface area contributed by atoms with Crippen molar-refractivity contribution >= 4 is 29.1 Å². The number of ketones is 1. The SMILES string of the molecule is CC(C)c1cc(N=[N+]=[N-])ccc1COC(=O)C(=N)C(=O)[C@H](C)[C@H]1NC(=O)[C@@H]1[C@@H](C)O. The number of nitrogens with one attached hydrogen (secondary N) is 2. The molecule has 0 unspecified atom stereocenters. The van der Waals surface area contributed by atoms with E-state index in [-0.39, 0.29) is 18.4 Å². The first kappa shape index (κ1) is 23.1. The normalized spacial score (nSPS) is 19.7. The molecule has 0 bridgehead atoms. The van der Waals surface area contributed by atoms with E-state index in [2.05, 4.69) is 15.3 Å². The minimum absolute atomic E-state index is 0.0632. The third-order valence-electron chi connectivity index (χ3n) is 5.19. The van der Waals surface area contributed by atoms with E-state index in [0.29, 0.717) is 11.3 Å². The molecule has 4 atom stereocenters. The molecular weight excluding hydrogens is 390 g/mol. The summed E-state index contributed by atoms with van der Waals surface area (Å²) in [6, 6.07) is 4.31. The number of azide groups is 1. The van der Waals surface area contributed by atoms with Gasteiger partial charge in [-0.1, -0.05) is 38.0 Å². The lowest BCUT2D eigenvalue weighted by Gasteiger charge is -2.41. The van der Waals surface area contributed by atoms with Crippen molar-refractivity contribution in [3.63, 3.8) is 0 Å². The van der Waals surface area contributed by atoms with Gasteiger partial charge in [0.1, 0.15) is 6.61 Å². The van der Waals surface area contributed by atoms with Gasteiger partial charge in [-0.3, -0.25) is 15.0 Å². The fourth-order valence-electron chi connectivity index (χ4n) is 3.44. The molecule has 0 spiro atoms. The summed E-state index contributed by atoms with van der Waals surface area (Å²) in [6.45, 7) is 6.66. The fraction of sp³-hybridized carbons (Fsp3) is 0.500. The molecule has 1 fully saturated rings. The summed E-state index contributed by atoms with van der Waals surface area (Å²) in [5.74, 6) is -3.74. The lowest BCUT2D eigenvalue weighted by atomic mass is 9.76. The van der Waals surface area contributed by atoms with Gasteiger partial charge in [0.05, 0.1) is 18.1 Å². The third-order valence-corrected chi connectivity index (χ3v) is 5.19. The number of β-lactam (4-membered cyclic amide) rings is 1. The van der Waals surface area contributed by atoms with Gasteiger partial charge in [-0.15, -0.1) is 0 Å². The van der Waals surface area contributed by atoms with Crippen molar-refractivity contribution in [2.24, 2.45) is 17.0 Å². The first-order valence-corrected chi connectivity index (χ1v) is 9.54. The number of benzene rings is 1. The zero-order chi connectivity index (χ0) is 22.6. The molecule has 0 saturated carbocycles. The summed E-state index contributed by atoms with van der Waals surface area (Å²) >= 11 is 0. The Morgan fingerprint density at radius 2 is 2.00 bits per heavy atom. The third kappa shape index (κ3) is 4.84. The number of carbonyl (C=O) groups is 3. The molecule has 1 saturated heterocycles. The maximum absolute atomic E-state index is 12.5. The number of esters is 1. The van der Waals surface area contributed by atoms with Crippen LogP contribution in [0.3, 0.4) is 0 Å². The molecule has 10 heteroatoms. The van der Waals surface area contributed by atoms with Gasteiger partial charge in [0, 0.05) is 16.5 Å². The van der Waals surface area contributed by atoms with Crippen LogP contribution in [0.2, 0.25) is 0 Å². The predicted molar refractivity (Wildman–Crippen MR) is 108 cm³/mol. The second-order valence-corrected chi connectivity index (χ2v) is 7.63. The van der Waals surface area contributed by atoms with Crippen LogP contribution in [0.25, 0.3) is 10.4 Å². The zero-order valence-electron chi connectivity index (χ0n) is 17.2. The predicted octanol–water partition coefficient (Wildman–Crippen LogP) is 2.52. The van der Waals surface area contributed by atoms with Crippen LogP contribution in [0, 0.1) is 17.2 Å². The summed E-state index contributed by atoms with van der Waals surface area (Å²) in [7, 11) is 0. The average Bonchev–Trinajstić information content (AvgIpc) is 2.68. The number of carbonyl (C=O) groups excluding carboxylic acids is 3. The number of ether oxygens (including phenoxy) is 1. The summed E-state index contributed by atoms with van der Waals surface area (Å²) in [4.78, 5) is 39.1. The smallest absolute Gasteiger partial charge is 0.360 e. The Hall–Kier alpha value is -3.23. The summed E-state index contributed by atoms with van der Waals surface area (Å²) in [6.07, 6.45) is -0.942. The Bertz CT molecular complexity index is 920. The number of Topliss-reactive ketones (excluding diaryl/α,β-unsaturated/α-hetero) is 1. The number of amides is 1. The first-order chi connectivity index (χ1) is 14.1. The van der Waals surface area contributed by atoms with Crippen molar-refractivity contribution in [3.8, 4) is 0 Å². The second kappa shape index (κ2) is 9.51. The monoisotopic (exact) mass is 415 g/mol. The molecule has 0 aromatic heterocycles. The summed E-state index contributed by atoms with van der Waals surface area (Å²) in [5, 5.41) is 23.7. The molecule has 1 amide bonds. The van der Waals surface area contributed by atoms with Crippen LogP contribution in [0.5, 0.6) is 0 Å². The maximum Gasteiger partial charge on any atom is 0.360 e. The van der Waals surface area contributed by atoms with E-state index in [0.717, 1.165) is 5.56 Å². The highest BCUT2D eigenvalue weighted by molar-refractivity contribution is 6.63. The lowest BCUT2D eigenvalue weighted by molar-refractivity contribution is -0.144. The number of hydrogen-bond donors (Lipinski definition) is 3. The van der Waals surface area contributed by atoms with Gasteiger partial charge in [-0.25, -0.2) is 4.79 Å². The lowest BCUT2D eigenvalue weighted by Crippen LogP contribution is -2.65. The van der Waals surface area contributed by atoms with Crippen molar-refractivity contribution in [1.29, 1.82) is 5.41 Å². The molecule has 10 nitrogen and oxygen atoms in total. The topological polar surface area (TPSA) is 165 Å². The summed E-state index contributed by atoms with van der Waals surface area (Å²) in [5.41, 5.74) is 9.68. The van der Waals surface area contributed by atoms with Gasteiger partial charge in [0.15, 0.2) is 11.5 Å². The quantitative estimate of drug-likeness (QED) is 0.107. The molecule has 0 radical (unpaired) electrons. The second-order valence-electron chi connectivity index (χ2n) is 7.63. The Morgan fingerprint density at radius 3 is 2.53 bits per heavy atom. The van der Waals surface area contributed by atoms with Crippen molar-refractivity contribution in [2.45, 2.75) is 52.4 Å². The molecule has 2 rings (SSSR count). The molecule has 3 N–H and O–H groups in total. The Labute approximate surface area is 173 Å². The van der Waals surface area contributed by atoms with E-state index in [9.17, 15) is 19.5 Å². The molecule has 160 valence electrons. The zero-order valence-corrected chi connectivity index (χ0v) is 17.2. The molecule has 1 aliphatic heterocycles. The van der Waals surface area contributed by atoms with Crippen LogP contribution in [-0.2, 0) is 25.7 Å². The molecule has 1 aliphatic rings. The molecule has 1 aromatic carbocycles. The van der Waals surface area contributed by atoms with Gasteiger partial charge in [-0.2, -0.15) is 0 Å². The van der Waals surface area contributed by atoms with E-state index in [1.54, 1.807) is 18.2 Å². The van der Waals surface area contributed by atoms with Crippen LogP contribution >= 0.6 is 0 Å². The highest BCUT2D eigenvalue weighted by Crippen LogP contribution is 2.27. The van der Waals surface area contributed by atoms with Crippen LogP contribution in [0.1, 0.15) is 44.7 Å². The standard InChI is InChI=1S/C20H25N5O5/c1-9(2)14-7-13(24-25-22)6-5-12(14)8-30-20(29)16(21)18(27)10(3)17-15(11(4)26)19(28)23-17/h5-7,9-11,15,17,21,26H,8H2,1-4H3,(H,23,28)/t10-,11-,15-,17-/m1/s1. The molecule has 30 heavy (non-hydrogen) atoms. The van der Waals surface area contributed by atoms with Gasteiger partial charge < -0.3 is 15.2 Å². The van der Waals surface area contributed by atoms with Crippen molar-refractivity contribution in [2.75, 3.05) is 0 Å². The highest BCUT2D eigenvalue weighted by atomic mass is 16.5. The van der Waals surface area contributed by atoms with Gasteiger partial charge >= 0.3 is 5.97 Å². The van der Waals surface area contributed by atoms with E-state index < -0.39 is 41.4 Å². The van der Waals surface area contributed by atoms with E-state index in [1.807, 2.05) is 13.8 Å². The molecular formula is C20H25N5O5. The average molecular weight is 415 g/mol. The number of rotatable bonds is 9. The number of hydrogen-bond acceptors (Lipinski definition) is 7. The minimum Gasteiger partial charge on any atom is -0.456 e. The van der Waals surface area contributed by atoms with Crippen LogP contribution < -0.4 is 5.32 Å². The van der Waals surface area contributed by atoms with Crippen molar-refractivity contribution < 1.29 is 24.2 Å². The van der Waals surface area contributed by atoms with Gasteiger partial charge in [-0.05, 0) is 35.6 Å². The van der Waals surface area contributed by atoms with Crippen LogP contribution in [-0.4, -0.2) is 40.6 Å². The van der Waals surface area contributed by atoms with Crippen LogP contribution in [0.15, 0.2) is 23.3 Å². The first-order valence-electron chi connectivity index (χ1n) is 9.54. The maximum atomic E-state index is 12.5. The largest absolute Gasteiger partial charge is 0.456 e. The molecule has 1 aromatic rings. The van der Waals surface area contributed by atoms with E-state index in [1.165, 1.54) is 13.8 Å². The Balaban J connectivity index is 2.04. The number of aliphatic hydroxyl groups is 1. The fourth-order valence-corrected chi connectivity index (χ4v) is 3.44. The van der Waals surface area contributed by atoms with Crippen molar-refractivity contribution in [1.82, 2.24) is 5.32 Å². The number of nitrogens with zero attached hydrogens (tertiary/aromatic N) is 3. The molecule has 0 aliphatic carbocycles. The van der Waals surface area contributed by atoms with E-state index in [4.69, 9.17) is 15.7 Å². The Morgan fingerprint density at radius 1 is 1.33 bits per heavy atom. The Kier molecular flexibility index (Phi) is 7.31. The molecule has 1 heterocycles. The van der Waals surface area contributed by atoms with Crippen molar-refractivity contribution in [3.05, 3.63) is 39.8 Å². The van der Waals surface area contributed by atoms with Crippen LogP contribution in [0.4, 0.5) is 5.69 Å². The summed E-state index contributed by atoms with van der Waals surface area (Å²) < 4.78 is 5.15. The van der Waals surface area contributed by atoms with E-state index >= 15 is 0 Å². The van der Waals surface area contributed by atoms with Gasteiger partial charge in [0.2, 0.25) is 5.91 Å². The van der Waals surface area contributed by atoms with Gasteiger partial charge in [0.25, 0.3) is 0 Å².